The van der Waals surface area contributed by atoms with Gasteiger partial charge in [0.15, 0.2) is 0 Å². The normalized spacial score (nSPS) is 12.2. The Bertz CT molecular complexity index is 592. The van der Waals surface area contributed by atoms with Gasteiger partial charge in [-0.2, -0.15) is 4.98 Å². The lowest BCUT2D eigenvalue weighted by Crippen LogP contribution is -2.11. The fourth-order valence-corrected chi connectivity index (χ4v) is 2.26. The Kier molecular flexibility index (Phi) is 4.27. The molecule has 5 heteroatoms. The van der Waals surface area contributed by atoms with E-state index in [1.807, 2.05) is 33.8 Å². The van der Waals surface area contributed by atoms with Gasteiger partial charge in [-0.25, -0.2) is 4.98 Å². The molecule has 0 aliphatic carbocycles. The number of aryl methyl sites for hydroxylation is 3. The molecule has 0 bridgehead atoms. The summed E-state index contributed by atoms with van der Waals surface area (Å²) in [4.78, 5) is 8.81. The molecule has 0 fully saturated rings. The number of aromatic nitrogens is 2. The van der Waals surface area contributed by atoms with Gasteiger partial charge in [0.2, 0.25) is 5.95 Å². The van der Waals surface area contributed by atoms with Crippen LogP contribution in [0.4, 0.5) is 11.8 Å². The molecule has 0 aliphatic rings. The lowest BCUT2D eigenvalue weighted by Gasteiger charge is -2.15. The molecule has 2 N–H and O–H groups in total. The summed E-state index contributed by atoms with van der Waals surface area (Å²) in [5, 5.41) is 6.54. The number of furan rings is 1. The van der Waals surface area contributed by atoms with Crippen LogP contribution in [-0.2, 0) is 0 Å². The van der Waals surface area contributed by atoms with Crippen LogP contribution >= 0.6 is 0 Å². The van der Waals surface area contributed by atoms with Crippen LogP contribution in [0.1, 0.15) is 42.7 Å². The second kappa shape index (κ2) is 5.94. The zero-order valence-electron chi connectivity index (χ0n) is 12.7. The zero-order chi connectivity index (χ0) is 14.7. The quantitative estimate of drug-likeness (QED) is 0.872. The van der Waals surface area contributed by atoms with Crippen molar-refractivity contribution in [1.29, 1.82) is 0 Å². The third-order valence-electron chi connectivity index (χ3n) is 3.10. The smallest absolute Gasteiger partial charge is 0.224 e. The molecule has 1 unspecified atom stereocenters. The molecule has 108 valence electrons. The van der Waals surface area contributed by atoms with E-state index >= 15 is 0 Å². The third-order valence-corrected chi connectivity index (χ3v) is 3.10. The van der Waals surface area contributed by atoms with Crippen molar-refractivity contribution in [2.45, 2.75) is 40.7 Å². The average Bonchev–Trinajstić information content (AvgIpc) is 2.68. The molecular weight excluding hydrogens is 252 g/mol. The molecule has 2 aromatic heterocycles. The van der Waals surface area contributed by atoms with Gasteiger partial charge in [0.1, 0.15) is 17.3 Å². The highest BCUT2D eigenvalue weighted by Gasteiger charge is 2.13. The summed E-state index contributed by atoms with van der Waals surface area (Å²) in [6.45, 7) is 10.8. The lowest BCUT2D eigenvalue weighted by molar-refractivity contribution is 0.500. The predicted molar refractivity (Wildman–Crippen MR) is 81.2 cm³/mol. The minimum absolute atomic E-state index is 0.135. The Hall–Kier alpha value is -2.04. The van der Waals surface area contributed by atoms with E-state index in [4.69, 9.17) is 4.42 Å². The topological polar surface area (TPSA) is 63.0 Å². The molecule has 0 saturated heterocycles. The van der Waals surface area contributed by atoms with Crippen LogP contribution in [0, 0.1) is 20.8 Å². The molecule has 2 heterocycles. The van der Waals surface area contributed by atoms with Crippen molar-refractivity contribution in [3.05, 3.63) is 34.9 Å². The van der Waals surface area contributed by atoms with Crippen LogP contribution in [0.15, 0.2) is 16.5 Å². The summed E-state index contributed by atoms with van der Waals surface area (Å²) < 4.78 is 5.57. The zero-order valence-corrected chi connectivity index (χ0v) is 12.7. The van der Waals surface area contributed by atoms with E-state index in [0.29, 0.717) is 5.95 Å². The fourth-order valence-electron chi connectivity index (χ4n) is 2.26. The van der Waals surface area contributed by atoms with Crippen molar-refractivity contribution < 1.29 is 4.42 Å². The standard InChI is InChI=1S/C15H22N4O/c1-6-16-15-17-9(2)7-14(19-15)18-11(4)13-8-10(3)20-12(13)5/h7-8,11H,6H2,1-5H3,(H2,16,17,18,19). The van der Waals surface area contributed by atoms with Crippen LogP contribution in [0.25, 0.3) is 0 Å². The number of anilines is 2. The first-order valence-corrected chi connectivity index (χ1v) is 6.92. The summed E-state index contributed by atoms with van der Waals surface area (Å²) in [7, 11) is 0. The molecular formula is C15H22N4O. The van der Waals surface area contributed by atoms with Gasteiger partial charge in [-0.15, -0.1) is 0 Å². The summed E-state index contributed by atoms with van der Waals surface area (Å²) in [5.41, 5.74) is 2.09. The van der Waals surface area contributed by atoms with Crippen molar-refractivity contribution in [2.24, 2.45) is 0 Å². The van der Waals surface area contributed by atoms with Gasteiger partial charge >= 0.3 is 0 Å². The van der Waals surface area contributed by atoms with E-state index in [1.54, 1.807) is 0 Å². The molecule has 0 saturated carbocycles. The van der Waals surface area contributed by atoms with Crippen molar-refractivity contribution in [1.82, 2.24) is 9.97 Å². The molecule has 2 aromatic rings. The number of nitrogens with one attached hydrogen (secondary N) is 2. The molecule has 20 heavy (non-hydrogen) atoms. The SMILES string of the molecule is CCNc1nc(C)cc(NC(C)c2cc(C)oc2C)n1. The van der Waals surface area contributed by atoms with Crippen molar-refractivity contribution in [2.75, 3.05) is 17.2 Å². The molecule has 0 aliphatic heterocycles. The maximum Gasteiger partial charge on any atom is 0.224 e. The van der Waals surface area contributed by atoms with Gasteiger partial charge in [-0.3, -0.25) is 0 Å². The minimum Gasteiger partial charge on any atom is -0.466 e. The van der Waals surface area contributed by atoms with Gasteiger partial charge in [0, 0.05) is 23.9 Å². The van der Waals surface area contributed by atoms with E-state index in [0.717, 1.165) is 35.1 Å². The molecule has 0 aromatic carbocycles. The highest BCUT2D eigenvalue weighted by atomic mass is 16.3. The van der Waals surface area contributed by atoms with Crippen molar-refractivity contribution >= 4 is 11.8 Å². The number of hydrogen-bond donors (Lipinski definition) is 2. The second-order valence-electron chi connectivity index (χ2n) is 4.98. The van der Waals surface area contributed by atoms with E-state index in [1.165, 1.54) is 0 Å². The monoisotopic (exact) mass is 274 g/mol. The van der Waals surface area contributed by atoms with Gasteiger partial charge in [-0.05, 0) is 40.7 Å². The highest BCUT2D eigenvalue weighted by Crippen LogP contribution is 2.24. The van der Waals surface area contributed by atoms with Crippen LogP contribution in [0.3, 0.4) is 0 Å². The van der Waals surface area contributed by atoms with E-state index in [2.05, 4.69) is 33.6 Å². The number of hydrogen-bond acceptors (Lipinski definition) is 5. The fraction of sp³-hybridized carbons (Fsp3) is 0.467. The molecule has 2 rings (SSSR count). The molecule has 0 radical (unpaired) electrons. The Morgan fingerprint density at radius 1 is 1.20 bits per heavy atom. The predicted octanol–water partition coefficient (Wildman–Crippen LogP) is 3.60. The number of rotatable bonds is 5. The lowest BCUT2D eigenvalue weighted by atomic mass is 10.1. The van der Waals surface area contributed by atoms with Gasteiger partial charge in [-0.1, -0.05) is 0 Å². The van der Waals surface area contributed by atoms with Crippen molar-refractivity contribution in [3.8, 4) is 0 Å². The maximum atomic E-state index is 5.57. The molecule has 0 spiro atoms. The first kappa shape index (κ1) is 14.4. The third kappa shape index (κ3) is 3.29. The van der Waals surface area contributed by atoms with E-state index < -0.39 is 0 Å². The van der Waals surface area contributed by atoms with E-state index in [-0.39, 0.29) is 6.04 Å². The Labute approximate surface area is 119 Å². The van der Waals surface area contributed by atoms with Crippen LogP contribution in [0.2, 0.25) is 0 Å². The van der Waals surface area contributed by atoms with Crippen molar-refractivity contribution in [3.63, 3.8) is 0 Å². The summed E-state index contributed by atoms with van der Waals surface area (Å²) in [6.07, 6.45) is 0. The molecule has 0 amide bonds. The van der Waals surface area contributed by atoms with Gasteiger partial charge < -0.3 is 15.1 Å². The van der Waals surface area contributed by atoms with Crippen LogP contribution < -0.4 is 10.6 Å². The first-order chi connectivity index (χ1) is 9.49. The second-order valence-corrected chi connectivity index (χ2v) is 4.98. The molecule has 1 atom stereocenters. The highest BCUT2D eigenvalue weighted by molar-refractivity contribution is 5.44. The van der Waals surface area contributed by atoms with Gasteiger partial charge in [0.25, 0.3) is 0 Å². The Morgan fingerprint density at radius 3 is 2.55 bits per heavy atom. The van der Waals surface area contributed by atoms with Gasteiger partial charge in [0.05, 0.1) is 6.04 Å². The summed E-state index contributed by atoms with van der Waals surface area (Å²) in [5.74, 6) is 3.35. The maximum absolute atomic E-state index is 5.57. The number of nitrogens with zero attached hydrogens (tertiary/aromatic N) is 2. The Balaban J connectivity index is 2.18. The summed E-state index contributed by atoms with van der Waals surface area (Å²) in [6, 6.07) is 4.14. The Morgan fingerprint density at radius 2 is 1.95 bits per heavy atom. The largest absolute Gasteiger partial charge is 0.466 e. The minimum atomic E-state index is 0.135. The van der Waals surface area contributed by atoms with Crippen LogP contribution in [0.5, 0.6) is 0 Å². The summed E-state index contributed by atoms with van der Waals surface area (Å²) >= 11 is 0. The average molecular weight is 274 g/mol. The van der Waals surface area contributed by atoms with Crippen LogP contribution in [-0.4, -0.2) is 16.5 Å². The van der Waals surface area contributed by atoms with E-state index in [9.17, 15) is 0 Å². The first-order valence-electron chi connectivity index (χ1n) is 6.92. The molecule has 5 nitrogen and oxygen atoms in total.